The number of carbonyl (C=O) groups is 1. The Hall–Kier alpha value is -2.30. The molecule has 18 heavy (non-hydrogen) atoms. The number of fused-ring (bicyclic) bond motifs is 1. The lowest BCUT2D eigenvalue weighted by Gasteiger charge is -2.15. The number of nitrogens with two attached hydrogens (primary N) is 1. The van der Waals surface area contributed by atoms with Gasteiger partial charge in [0.1, 0.15) is 0 Å². The highest BCUT2D eigenvalue weighted by atomic mass is 16.5. The van der Waals surface area contributed by atoms with E-state index in [9.17, 15) is 4.79 Å². The average Bonchev–Trinajstić information content (AvgIpc) is 2.93. The van der Waals surface area contributed by atoms with E-state index in [1.165, 1.54) is 5.56 Å². The Morgan fingerprint density at radius 3 is 3.00 bits per heavy atom. The molecule has 0 bridgehead atoms. The Labute approximate surface area is 104 Å². The van der Waals surface area contributed by atoms with E-state index in [0.29, 0.717) is 5.88 Å². The maximum atomic E-state index is 11.5. The Kier molecular flexibility index (Phi) is 2.33. The summed E-state index contributed by atoms with van der Waals surface area (Å²) in [6.45, 7) is 2.32. The lowest BCUT2D eigenvalue weighted by Crippen LogP contribution is -2.25. The highest BCUT2D eigenvalue weighted by molar-refractivity contribution is 5.95. The van der Waals surface area contributed by atoms with E-state index in [0.717, 1.165) is 29.8 Å². The Bertz CT molecular complexity index is 618. The number of carbonyl (C=O) groups excluding carboxylic acids is 1. The summed E-state index contributed by atoms with van der Waals surface area (Å²) in [5.41, 5.74) is 9.52. The second-order valence-electron chi connectivity index (χ2n) is 4.37. The van der Waals surface area contributed by atoms with E-state index in [2.05, 4.69) is 5.16 Å². The van der Waals surface area contributed by atoms with Crippen molar-refractivity contribution in [3.05, 3.63) is 30.0 Å². The molecular weight excluding hydrogens is 230 g/mol. The van der Waals surface area contributed by atoms with Crippen LogP contribution in [0.3, 0.4) is 0 Å². The van der Waals surface area contributed by atoms with Gasteiger partial charge in [0.15, 0.2) is 0 Å². The van der Waals surface area contributed by atoms with Gasteiger partial charge in [-0.25, -0.2) is 0 Å². The third-order valence-electron chi connectivity index (χ3n) is 3.27. The monoisotopic (exact) mass is 243 g/mol. The molecule has 0 atom stereocenters. The molecule has 2 heterocycles. The van der Waals surface area contributed by atoms with Gasteiger partial charge in [-0.3, -0.25) is 4.79 Å². The normalized spacial score (nSPS) is 13.7. The van der Waals surface area contributed by atoms with Gasteiger partial charge in [-0.1, -0.05) is 17.3 Å². The standard InChI is InChI=1S/C13H13N3O2/c1-8(17)16-5-4-9-2-3-10(6-12(9)16)11-7-15-18-13(11)14/h2-3,6-7H,4-5,14H2,1H3. The van der Waals surface area contributed by atoms with Crippen molar-refractivity contribution in [3.63, 3.8) is 0 Å². The number of aromatic nitrogens is 1. The van der Waals surface area contributed by atoms with Crippen molar-refractivity contribution >= 4 is 17.5 Å². The molecule has 0 unspecified atom stereocenters. The molecule has 0 aliphatic carbocycles. The highest BCUT2D eigenvalue weighted by Gasteiger charge is 2.23. The first-order valence-corrected chi connectivity index (χ1v) is 5.78. The quantitative estimate of drug-likeness (QED) is 0.829. The van der Waals surface area contributed by atoms with Gasteiger partial charge in [0.2, 0.25) is 11.8 Å². The van der Waals surface area contributed by atoms with Crippen LogP contribution < -0.4 is 10.6 Å². The van der Waals surface area contributed by atoms with E-state index in [1.54, 1.807) is 18.0 Å². The number of nitrogen functional groups attached to an aromatic ring is 1. The molecule has 1 aromatic heterocycles. The zero-order chi connectivity index (χ0) is 12.7. The van der Waals surface area contributed by atoms with Crippen LogP contribution >= 0.6 is 0 Å². The zero-order valence-corrected chi connectivity index (χ0v) is 10.0. The lowest BCUT2D eigenvalue weighted by atomic mass is 10.0. The summed E-state index contributed by atoms with van der Waals surface area (Å²) >= 11 is 0. The van der Waals surface area contributed by atoms with E-state index >= 15 is 0 Å². The number of hydrogen-bond acceptors (Lipinski definition) is 4. The first-order valence-electron chi connectivity index (χ1n) is 5.78. The van der Waals surface area contributed by atoms with Crippen LogP contribution in [0.25, 0.3) is 11.1 Å². The molecule has 92 valence electrons. The van der Waals surface area contributed by atoms with Gasteiger partial charge in [-0.05, 0) is 23.6 Å². The van der Waals surface area contributed by atoms with Crippen molar-refractivity contribution < 1.29 is 9.32 Å². The Balaban J connectivity index is 2.09. The summed E-state index contributed by atoms with van der Waals surface area (Å²) in [5.74, 6) is 0.353. The molecule has 2 aromatic rings. The third kappa shape index (κ3) is 1.55. The number of nitrogens with zero attached hydrogens (tertiary/aromatic N) is 2. The van der Waals surface area contributed by atoms with Gasteiger partial charge in [-0.15, -0.1) is 0 Å². The summed E-state index contributed by atoms with van der Waals surface area (Å²) in [7, 11) is 0. The fourth-order valence-electron chi connectivity index (χ4n) is 2.34. The predicted octanol–water partition coefficient (Wildman–Crippen LogP) is 1.83. The summed E-state index contributed by atoms with van der Waals surface area (Å²) in [4.78, 5) is 13.3. The van der Waals surface area contributed by atoms with E-state index < -0.39 is 0 Å². The van der Waals surface area contributed by atoms with Crippen molar-refractivity contribution in [1.82, 2.24) is 5.16 Å². The van der Waals surface area contributed by atoms with Crippen molar-refractivity contribution in [2.45, 2.75) is 13.3 Å². The molecule has 3 rings (SSSR count). The number of benzene rings is 1. The van der Waals surface area contributed by atoms with Gasteiger partial charge >= 0.3 is 0 Å². The summed E-state index contributed by atoms with van der Waals surface area (Å²) in [6.07, 6.45) is 2.48. The van der Waals surface area contributed by atoms with E-state index in [-0.39, 0.29) is 5.91 Å². The van der Waals surface area contributed by atoms with Gasteiger partial charge in [0, 0.05) is 19.2 Å². The van der Waals surface area contributed by atoms with Gasteiger partial charge in [0.25, 0.3) is 0 Å². The molecule has 2 N–H and O–H groups in total. The fraction of sp³-hybridized carbons (Fsp3) is 0.231. The summed E-state index contributed by atoms with van der Waals surface area (Å²) in [5, 5.41) is 3.67. The van der Waals surface area contributed by atoms with Crippen molar-refractivity contribution in [3.8, 4) is 11.1 Å². The SMILES string of the molecule is CC(=O)N1CCc2ccc(-c3cnoc3N)cc21. The first kappa shape index (κ1) is 10.8. The van der Waals surface area contributed by atoms with Crippen molar-refractivity contribution in [2.24, 2.45) is 0 Å². The van der Waals surface area contributed by atoms with Crippen LogP contribution in [0.5, 0.6) is 0 Å². The molecule has 0 saturated carbocycles. The number of amides is 1. The Morgan fingerprint density at radius 2 is 2.33 bits per heavy atom. The second-order valence-corrected chi connectivity index (χ2v) is 4.37. The summed E-state index contributed by atoms with van der Waals surface area (Å²) < 4.78 is 4.86. The second kappa shape index (κ2) is 3.87. The molecule has 0 radical (unpaired) electrons. The van der Waals surface area contributed by atoms with Crippen LogP contribution in [0, 0.1) is 0 Å². The highest BCUT2D eigenvalue weighted by Crippen LogP contribution is 2.34. The zero-order valence-electron chi connectivity index (χ0n) is 10.0. The van der Waals surface area contributed by atoms with Gasteiger partial charge in [0.05, 0.1) is 11.8 Å². The molecule has 1 amide bonds. The first-order chi connectivity index (χ1) is 8.66. The smallest absolute Gasteiger partial charge is 0.229 e. The molecule has 5 heteroatoms. The number of anilines is 2. The maximum absolute atomic E-state index is 11.5. The minimum Gasteiger partial charge on any atom is -0.367 e. The van der Waals surface area contributed by atoms with Crippen molar-refractivity contribution in [2.75, 3.05) is 17.2 Å². The van der Waals surface area contributed by atoms with Crippen LogP contribution in [-0.2, 0) is 11.2 Å². The van der Waals surface area contributed by atoms with Gasteiger partial charge in [-0.2, -0.15) is 0 Å². The number of hydrogen-bond donors (Lipinski definition) is 1. The van der Waals surface area contributed by atoms with Crippen LogP contribution in [0.4, 0.5) is 11.6 Å². The van der Waals surface area contributed by atoms with Crippen LogP contribution in [0.15, 0.2) is 28.9 Å². The van der Waals surface area contributed by atoms with Crippen molar-refractivity contribution in [1.29, 1.82) is 0 Å². The molecule has 5 nitrogen and oxygen atoms in total. The molecule has 0 fully saturated rings. The predicted molar refractivity (Wildman–Crippen MR) is 68.1 cm³/mol. The molecule has 1 aromatic carbocycles. The largest absolute Gasteiger partial charge is 0.367 e. The minimum absolute atomic E-state index is 0.0594. The van der Waals surface area contributed by atoms with Gasteiger partial charge < -0.3 is 15.2 Å². The molecule has 0 spiro atoms. The molecular formula is C13H13N3O2. The fourth-order valence-corrected chi connectivity index (χ4v) is 2.34. The molecule has 1 aliphatic heterocycles. The van der Waals surface area contributed by atoms with Crippen LogP contribution in [0.1, 0.15) is 12.5 Å². The van der Waals surface area contributed by atoms with E-state index in [4.69, 9.17) is 10.3 Å². The lowest BCUT2D eigenvalue weighted by molar-refractivity contribution is -0.116. The molecule has 0 saturated heterocycles. The third-order valence-corrected chi connectivity index (χ3v) is 3.27. The Morgan fingerprint density at radius 1 is 1.50 bits per heavy atom. The van der Waals surface area contributed by atoms with E-state index in [1.807, 2.05) is 18.2 Å². The topological polar surface area (TPSA) is 72.4 Å². The minimum atomic E-state index is 0.0594. The summed E-state index contributed by atoms with van der Waals surface area (Å²) in [6, 6.07) is 5.97. The number of rotatable bonds is 1. The van der Waals surface area contributed by atoms with Crippen LogP contribution in [-0.4, -0.2) is 17.6 Å². The molecule has 1 aliphatic rings. The van der Waals surface area contributed by atoms with Crippen LogP contribution in [0.2, 0.25) is 0 Å². The maximum Gasteiger partial charge on any atom is 0.229 e. The average molecular weight is 243 g/mol.